The quantitative estimate of drug-likeness (QED) is 0.621. The molecule has 0 unspecified atom stereocenters. The number of hydrogen-bond acceptors (Lipinski definition) is 6. The zero-order chi connectivity index (χ0) is 20.1. The third-order valence-electron chi connectivity index (χ3n) is 4.39. The van der Waals surface area contributed by atoms with Gasteiger partial charge in [-0.25, -0.2) is 22.5 Å². The first-order valence-corrected chi connectivity index (χ1v) is 9.58. The molecule has 3 aromatic rings. The number of aromatic nitrogens is 3. The third kappa shape index (κ3) is 2.61. The van der Waals surface area contributed by atoms with Gasteiger partial charge in [0.05, 0.1) is 11.1 Å². The zero-order valence-electron chi connectivity index (χ0n) is 14.5. The van der Waals surface area contributed by atoms with E-state index in [1.807, 2.05) is 0 Å². The summed E-state index contributed by atoms with van der Waals surface area (Å²) in [5, 5.41) is 3.83. The van der Waals surface area contributed by atoms with Crippen LogP contribution in [0.3, 0.4) is 0 Å². The number of carbonyl (C=O) groups excluding carboxylic acids is 2. The van der Waals surface area contributed by atoms with Gasteiger partial charge < -0.3 is 0 Å². The summed E-state index contributed by atoms with van der Waals surface area (Å²) in [6, 6.07) is 9.49. The number of hydrogen-bond donors (Lipinski definition) is 0. The number of fused-ring (bicyclic) bond motifs is 1. The van der Waals surface area contributed by atoms with Crippen molar-refractivity contribution >= 4 is 21.7 Å². The molecule has 10 heteroatoms. The Morgan fingerprint density at radius 3 is 2.61 bits per heavy atom. The van der Waals surface area contributed by atoms with E-state index in [0.717, 1.165) is 23.4 Å². The molecule has 142 valence electrons. The highest BCUT2D eigenvalue weighted by atomic mass is 32.2. The van der Waals surface area contributed by atoms with Crippen LogP contribution in [-0.2, 0) is 10.0 Å². The van der Waals surface area contributed by atoms with Crippen molar-refractivity contribution in [2.24, 2.45) is 0 Å². The molecule has 0 spiro atoms. The Hall–Kier alpha value is -3.40. The summed E-state index contributed by atoms with van der Waals surface area (Å²) in [5.41, 5.74) is 0.186. The summed E-state index contributed by atoms with van der Waals surface area (Å²) in [6.07, 6.45) is 0.443. The van der Waals surface area contributed by atoms with Gasteiger partial charge in [0.1, 0.15) is 23.4 Å². The number of sulfonamides is 1. The van der Waals surface area contributed by atoms with Crippen LogP contribution in [0.5, 0.6) is 0 Å². The van der Waals surface area contributed by atoms with E-state index in [9.17, 15) is 22.4 Å². The van der Waals surface area contributed by atoms with Gasteiger partial charge in [-0.05, 0) is 31.2 Å². The summed E-state index contributed by atoms with van der Waals surface area (Å²) in [5.74, 6) is -2.66. The molecule has 0 saturated carbocycles. The highest BCUT2D eigenvalue weighted by Gasteiger charge is 2.49. The number of nitrogens with zero attached hydrogens (tertiary/aromatic N) is 4. The maximum Gasteiger partial charge on any atom is 0.271 e. The van der Waals surface area contributed by atoms with Gasteiger partial charge >= 0.3 is 0 Å². The summed E-state index contributed by atoms with van der Waals surface area (Å²) in [7, 11) is -4.34. The van der Waals surface area contributed by atoms with E-state index in [1.54, 1.807) is 6.92 Å². The summed E-state index contributed by atoms with van der Waals surface area (Å²) in [6.45, 7) is 1.66. The van der Waals surface area contributed by atoms with Gasteiger partial charge in [-0.3, -0.25) is 9.59 Å². The second-order valence-electron chi connectivity index (χ2n) is 6.20. The predicted molar refractivity (Wildman–Crippen MR) is 94.3 cm³/mol. The van der Waals surface area contributed by atoms with Gasteiger partial charge in [0.2, 0.25) is 11.9 Å². The lowest BCUT2D eigenvalue weighted by Gasteiger charge is -2.25. The molecule has 4 rings (SSSR count). The van der Waals surface area contributed by atoms with Crippen LogP contribution in [0.4, 0.5) is 4.39 Å². The SMILES string of the molecule is Cc1ccc(F)c(C(=O)[C@@H](N2C(=O)c3ccccc3S2(=O)=O)n2cncn2)c1. The topological polar surface area (TPSA) is 102 Å². The standard InChI is InChI=1S/C18H13FN4O4S/c1-11-6-7-14(19)13(8-11)16(24)17(22-10-20-9-21-22)23-18(25)12-4-2-3-5-15(12)28(23,26)27/h2-10,17H,1H3/t17-/m1/s1. The Balaban J connectivity index is 1.91. The smallest absolute Gasteiger partial charge is 0.271 e. The molecule has 0 saturated heterocycles. The lowest BCUT2D eigenvalue weighted by Crippen LogP contribution is -2.42. The summed E-state index contributed by atoms with van der Waals surface area (Å²) < 4.78 is 41.7. The van der Waals surface area contributed by atoms with E-state index in [4.69, 9.17) is 0 Å². The van der Waals surface area contributed by atoms with Crippen molar-refractivity contribution in [3.05, 3.63) is 77.6 Å². The van der Waals surface area contributed by atoms with E-state index < -0.39 is 33.7 Å². The number of ketones is 1. The molecule has 8 nitrogen and oxygen atoms in total. The van der Waals surface area contributed by atoms with Crippen LogP contribution >= 0.6 is 0 Å². The van der Waals surface area contributed by atoms with Crippen molar-refractivity contribution in [2.75, 3.05) is 0 Å². The first kappa shape index (κ1) is 18.0. The van der Waals surface area contributed by atoms with Crippen molar-refractivity contribution in [1.29, 1.82) is 0 Å². The van der Waals surface area contributed by atoms with Gasteiger partial charge in [-0.2, -0.15) is 9.40 Å². The van der Waals surface area contributed by atoms with Crippen LogP contribution in [-0.4, -0.2) is 39.2 Å². The van der Waals surface area contributed by atoms with Crippen molar-refractivity contribution in [2.45, 2.75) is 18.0 Å². The van der Waals surface area contributed by atoms with Crippen LogP contribution in [0.2, 0.25) is 0 Å². The van der Waals surface area contributed by atoms with E-state index in [0.29, 0.717) is 9.87 Å². The van der Waals surface area contributed by atoms with Gasteiger partial charge in [0.25, 0.3) is 15.9 Å². The van der Waals surface area contributed by atoms with Gasteiger partial charge in [-0.1, -0.05) is 23.8 Å². The first-order valence-electron chi connectivity index (χ1n) is 8.14. The fourth-order valence-electron chi connectivity index (χ4n) is 3.09. The molecule has 0 fully saturated rings. The highest BCUT2D eigenvalue weighted by molar-refractivity contribution is 7.90. The van der Waals surface area contributed by atoms with E-state index in [1.165, 1.54) is 36.4 Å². The Morgan fingerprint density at radius 2 is 1.93 bits per heavy atom. The van der Waals surface area contributed by atoms with Crippen molar-refractivity contribution in [1.82, 2.24) is 19.1 Å². The van der Waals surface area contributed by atoms with E-state index >= 15 is 0 Å². The number of halogens is 1. The minimum atomic E-state index is -4.34. The number of amides is 1. The number of benzene rings is 2. The van der Waals surface area contributed by atoms with Crippen molar-refractivity contribution in [3.8, 4) is 0 Å². The molecule has 0 aliphatic carbocycles. The van der Waals surface area contributed by atoms with E-state index in [-0.39, 0.29) is 16.0 Å². The maximum atomic E-state index is 14.3. The number of carbonyl (C=O) groups is 2. The van der Waals surface area contributed by atoms with Crippen LogP contribution in [0, 0.1) is 12.7 Å². The van der Waals surface area contributed by atoms with Gasteiger partial charge in [0.15, 0.2) is 0 Å². The highest BCUT2D eigenvalue weighted by Crippen LogP contribution is 2.36. The Bertz CT molecular complexity index is 1210. The first-order chi connectivity index (χ1) is 13.3. The lowest BCUT2D eigenvalue weighted by molar-refractivity contribution is 0.0672. The fraction of sp³-hybridized carbons (Fsp3) is 0.111. The Kier molecular flexibility index (Phi) is 4.07. The fourth-order valence-corrected chi connectivity index (χ4v) is 4.76. The average molecular weight is 400 g/mol. The molecule has 0 N–H and O–H groups in total. The van der Waals surface area contributed by atoms with Crippen LogP contribution in [0.25, 0.3) is 0 Å². The summed E-state index contributed by atoms with van der Waals surface area (Å²) >= 11 is 0. The molecule has 0 radical (unpaired) electrons. The monoisotopic (exact) mass is 400 g/mol. The second-order valence-corrected chi connectivity index (χ2v) is 7.98. The molecule has 2 heterocycles. The minimum Gasteiger partial charge on any atom is -0.289 e. The average Bonchev–Trinajstić information content (AvgIpc) is 3.26. The minimum absolute atomic E-state index is 0.0647. The van der Waals surface area contributed by atoms with Gasteiger partial charge in [0, 0.05) is 0 Å². The third-order valence-corrected chi connectivity index (χ3v) is 6.18. The van der Waals surface area contributed by atoms with Crippen LogP contribution < -0.4 is 0 Å². The normalized spacial score (nSPS) is 16.1. The molecular formula is C18H13FN4O4S. The molecule has 1 aliphatic heterocycles. The Morgan fingerprint density at radius 1 is 1.18 bits per heavy atom. The maximum absolute atomic E-state index is 14.3. The second kappa shape index (κ2) is 6.34. The largest absolute Gasteiger partial charge is 0.289 e. The number of Topliss-reactive ketones (excluding diaryl/α,β-unsaturated/α-hetero) is 1. The number of rotatable bonds is 4. The molecule has 1 amide bonds. The predicted octanol–water partition coefficient (Wildman–Crippen LogP) is 1.95. The zero-order valence-corrected chi connectivity index (χ0v) is 15.3. The molecular weight excluding hydrogens is 387 g/mol. The lowest BCUT2D eigenvalue weighted by atomic mass is 10.0. The molecule has 1 atom stereocenters. The number of aryl methyl sites for hydroxylation is 1. The van der Waals surface area contributed by atoms with Gasteiger partial charge in [-0.15, -0.1) is 0 Å². The van der Waals surface area contributed by atoms with Crippen molar-refractivity contribution in [3.63, 3.8) is 0 Å². The van der Waals surface area contributed by atoms with Crippen molar-refractivity contribution < 1.29 is 22.4 Å². The molecule has 1 aliphatic rings. The van der Waals surface area contributed by atoms with E-state index in [2.05, 4.69) is 10.1 Å². The molecule has 2 aromatic carbocycles. The molecule has 28 heavy (non-hydrogen) atoms. The molecule has 1 aromatic heterocycles. The van der Waals surface area contributed by atoms with Crippen LogP contribution in [0.1, 0.15) is 32.4 Å². The Labute approximate surface area is 159 Å². The van der Waals surface area contributed by atoms with Crippen LogP contribution in [0.15, 0.2) is 60.0 Å². The summed E-state index contributed by atoms with van der Waals surface area (Å²) in [4.78, 5) is 29.6. The molecule has 0 bridgehead atoms.